The van der Waals surface area contributed by atoms with Gasteiger partial charge in [-0.3, -0.25) is 14.7 Å². The number of pyridine rings is 1. The second-order valence-corrected chi connectivity index (χ2v) is 9.27. The van der Waals surface area contributed by atoms with Crippen LogP contribution in [0.2, 0.25) is 0 Å². The Hall–Kier alpha value is -3.24. The van der Waals surface area contributed by atoms with E-state index in [0.29, 0.717) is 16.8 Å². The van der Waals surface area contributed by atoms with Crippen LogP contribution in [0.4, 0.5) is 26.7 Å². The van der Waals surface area contributed by atoms with Crippen LogP contribution in [0.15, 0.2) is 42.6 Å². The van der Waals surface area contributed by atoms with Gasteiger partial charge < -0.3 is 9.47 Å². The molecule has 2 aromatic rings. The van der Waals surface area contributed by atoms with E-state index in [-0.39, 0.29) is 18.6 Å². The number of benzene rings is 1. The molecule has 0 N–H and O–H groups in total. The first kappa shape index (κ1) is 26.4. The second-order valence-electron chi connectivity index (χ2n) is 9.27. The number of carbonyl (C=O) groups excluding carboxylic acids is 2. The van der Waals surface area contributed by atoms with Crippen molar-refractivity contribution in [3.8, 4) is 17.0 Å². The number of hydrogen-bond donors (Lipinski definition) is 0. The maximum Gasteiger partial charge on any atom is 0.573 e. The number of amides is 1. The van der Waals surface area contributed by atoms with E-state index in [4.69, 9.17) is 4.74 Å². The Morgan fingerprint density at radius 2 is 1.77 bits per heavy atom. The minimum atomic E-state index is -4.80. The number of ether oxygens (including phenoxy) is 2. The Bertz CT molecular complexity index is 1060. The van der Waals surface area contributed by atoms with Gasteiger partial charge in [0.2, 0.25) is 0 Å². The van der Waals surface area contributed by atoms with Crippen molar-refractivity contribution >= 4 is 11.9 Å². The molecule has 0 saturated carbocycles. The zero-order chi connectivity index (χ0) is 26.0. The largest absolute Gasteiger partial charge is 0.573 e. The number of nitrogens with zero attached hydrogens (tertiary/aromatic N) is 2. The summed E-state index contributed by atoms with van der Waals surface area (Å²) in [7, 11) is 0. The first-order valence-electron chi connectivity index (χ1n) is 10.8. The molecule has 0 radical (unpaired) electrons. The van der Waals surface area contributed by atoms with Gasteiger partial charge in [0.15, 0.2) is 5.78 Å². The minimum absolute atomic E-state index is 0.0954. The summed E-state index contributed by atoms with van der Waals surface area (Å²) in [5, 5.41) is 0. The standard InChI is InChI=1S/C24H25F5N2O4/c1-22(2,3)35-21(33)31-14-23(25,26)13-19(31)20(32)9-4-15-10-11-30-18(12-15)16-5-7-17(8-6-16)34-24(27,28)29/h5-8,10-12,19H,4,9,13-14H2,1-3H3/t19-/m0/s1. The quantitative estimate of drug-likeness (QED) is 0.470. The second kappa shape index (κ2) is 9.79. The summed E-state index contributed by atoms with van der Waals surface area (Å²) in [5.41, 5.74) is 0.760. The number of carbonyl (C=O) groups is 2. The normalized spacial score (nSPS) is 17.8. The van der Waals surface area contributed by atoms with Crippen molar-refractivity contribution in [3.63, 3.8) is 0 Å². The molecular formula is C24H25F5N2O4. The lowest BCUT2D eigenvalue weighted by Crippen LogP contribution is -2.43. The molecule has 1 atom stereocenters. The Labute approximate surface area is 199 Å². The van der Waals surface area contributed by atoms with Crippen LogP contribution < -0.4 is 4.74 Å². The van der Waals surface area contributed by atoms with E-state index in [9.17, 15) is 31.5 Å². The number of ketones is 1. The molecule has 1 saturated heterocycles. The van der Waals surface area contributed by atoms with Crippen LogP contribution in [0.1, 0.15) is 39.2 Å². The molecule has 1 aliphatic rings. The van der Waals surface area contributed by atoms with Gasteiger partial charge in [0, 0.05) is 24.6 Å². The summed E-state index contributed by atoms with van der Waals surface area (Å²) in [6.07, 6.45) is -4.94. The molecule has 1 aromatic carbocycles. The topological polar surface area (TPSA) is 68.7 Å². The summed E-state index contributed by atoms with van der Waals surface area (Å²) >= 11 is 0. The van der Waals surface area contributed by atoms with E-state index in [1.807, 2.05) is 0 Å². The highest BCUT2D eigenvalue weighted by atomic mass is 19.4. The molecule has 190 valence electrons. The van der Waals surface area contributed by atoms with E-state index < -0.39 is 48.8 Å². The van der Waals surface area contributed by atoms with Crippen LogP contribution in [0, 0.1) is 0 Å². The fourth-order valence-corrected chi connectivity index (χ4v) is 3.67. The van der Waals surface area contributed by atoms with Gasteiger partial charge in [0.25, 0.3) is 5.92 Å². The lowest BCUT2D eigenvalue weighted by molar-refractivity contribution is -0.274. The molecule has 6 nitrogen and oxygen atoms in total. The predicted molar refractivity (Wildman–Crippen MR) is 116 cm³/mol. The van der Waals surface area contributed by atoms with Crippen LogP contribution in [-0.4, -0.2) is 52.2 Å². The first-order valence-corrected chi connectivity index (χ1v) is 10.8. The summed E-state index contributed by atoms with van der Waals surface area (Å²) in [6.45, 7) is 3.93. The molecule has 0 spiro atoms. The zero-order valence-corrected chi connectivity index (χ0v) is 19.4. The Balaban J connectivity index is 1.66. The van der Waals surface area contributed by atoms with Crippen molar-refractivity contribution in [3.05, 3.63) is 48.2 Å². The van der Waals surface area contributed by atoms with Crippen LogP contribution in [-0.2, 0) is 16.0 Å². The molecule has 1 aliphatic heterocycles. The smallest absolute Gasteiger partial charge is 0.444 e. The Morgan fingerprint density at radius 3 is 2.37 bits per heavy atom. The van der Waals surface area contributed by atoms with Crippen molar-refractivity contribution in [1.82, 2.24) is 9.88 Å². The highest BCUT2D eigenvalue weighted by molar-refractivity contribution is 5.88. The van der Waals surface area contributed by atoms with Gasteiger partial charge >= 0.3 is 12.5 Å². The van der Waals surface area contributed by atoms with Crippen LogP contribution >= 0.6 is 0 Å². The lowest BCUT2D eigenvalue weighted by atomic mass is 10.0. The highest BCUT2D eigenvalue weighted by Gasteiger charge is 2.50. The number of aromatic nitrogens is 1. The molecule has 35 heavy (non-hydrogen) atoms. The summed E-state index contributed by atoms with van der Waals surface area (Å²) in [4.78, 5) is 30.1. The number of halogens is 5. The van der Waals surface area contributed by atoms with Crippen LogP contribution in [0.25, 0.3) is 11.3 Å². The fourth-order valence-electron chi connectivity index (χ4n) is 3.67. The van der Waals surface area contributed by atoms with Crippen molar-refractivity contribution < 1.29 is 41.0 Å². The van der Waals surface area contributed by atoms with Crippen molar-refractivity contribution in [1.29, 1.82) is 0 Å². The molecular weight excluding hydrogens is 475 g/mol. The minimum Gasteiger partial charge on any atom is -0.444 e. The average Bonchev–Trinajstić information content (AvgIpc) is 3.06. The van der Waals surface area contributed by atoms with Gasteiger partial charge in [-0.25, -0.2) is 13.6 Å². The third-order valence-corrected chi connectivity index (χ3v) is 5.14. The van der Waals surface area contributed by atoms with Gasteiger partial charge in [0.1, 0.15) is 11.4 Å². The third-order valence-electron chi connectivity index (χ3n) is 5.14. The fraction of sp³-hybridized carbons (Fsp3) is 0.458. The lowest BCUT2D eigenvalue weighted by Gasteiger charge is -2.27. The predicted octanol–water partition coefficient (Wildman–Crippen LogP) is 5.79. The first-order chi connectivity index (χ1) is 16.1. The van der Waals surface area contributed by atoms with E-state index in [1.54, 1.807) is 32.9 Å². The number of aryl methyl sites for hydroxylation is 1. The van der Waals surface area contributed by atoms with Gasteiger partial charge in [-0.2, -0.15) is 0 Å². The highest BCUT2D eigenvalue weighted by Crippen LogP contribution is 2.34. The van der Waals surface area contributed by atoms with Crippen LogP contribution in [0.3, 0.4) is 0 Å². The van der Waals surface area contributed by atoms with E-state index in [2.05, 4.69) is 9.72 Å². The summed E-state index contributed by atoms with van der Waals surface area (Å²) in [5.74, 6) is -4.07. The van der Waals surface area contributed by atoms with Crippen molar-refractivity contribution in [2.24, 2.45) is 0 Å². The number of rotatable bonds is 6. The molecule has 11 heteroatoms. The average molecular weight is 500 g/mol. The number of hydrogen-bond acceptors (Lipinski definition) is 5. The zero-order valence-electron chi connectivity index (χ0n) is 19.4. The van der Waals surface area contributed by atoms with Crippen molar-refractivity contribution in [2.45, 2.75) is 64.0 Å². The molecule has 3 rings (SSSR count). The molecule has 2 heterocycles. The molecule has 1 aromatic heterocycles. The molecule has 1 fully saturated rings. The number of Topliss-reactive ketones (excluding diaryl/α,β-unsaturated/α-hetero) is 1. The third kappa shape index (κ3) is 7.63. The van der Waals surface area contributed by atoms with Crippen LogP contribution in [0.5, 0.6) is 5.75 Å². The van der Waals surface area contributed by atoms with E-state index in [0.717, 1.165) is 17.0 Å². The van der Waals surface area contributed by atoms with E-state index in [1.165, 1.54) is 18.3 Å². The molecule has 0 unspecified atom stereocenters. The van der Waals surface area contributed by atoms with E-state index >= 15 is 0 Å². The molecule has 0 bridgehead atoms. The van der Waals surface area contributed by atoms with Gasteiger partial charge in [-0.15, -0.1) is 13.2 Å². The number of likely N-dealkylation sites (tertiary alicyclic amines) is 1. The SMILES string of the molecule is CC(C)(C)OC(=O)N1CC(F)(F)C[C@H]1C(=O)CCc1ccnc(-c2ccc(OC(F)(F)F)cc2)c1. The number of alkyl halides is 5. The maximum absolute atomic E-state index is 14.0. The Morgan fingerprint density at radius 1 is 1.11 bits per heavy atom. The summed E-state index contributed by atoms with van der Waals surface area (Å²) < 4.78 is 74.1. The van der Waals surface area contributed by atoms with Gasteiger partial charge in [-0.1, -0.05) is 0 Å². The maximum atomic E-state index is 14.0. The van der Waals surface area contributed by atoms with Crippen molar-refractivity contribution in [2.75, 3.05) is 6.54 Å². The molecule has 0 aliphatic carbocycles. The molecule has 1 amide bonds. The summed E-state index contributed by atoms with van der Waals surface area (Å²) in [6, 6.07) is 7.16. The van der Waals surface area contributed by atoms with Gasteiger partial charge in [0.05, 0.1) is 18.3 Å². The monoisotopic (exact) mass is 500 g/mol. The Kier molecular flexibility index (Phi) is 7.37. The van der Waals surface area contributed by atoms with Gasteiger partial charge in [-0.05, 0) is 69.2 Å².